The Hall–Kier alpha value is -4.49. The number of amides is 1. The Kier molecular flexibility index (Phi) is 6.73. The molecule has 1 heterocycles. The first kappa shape index (κ1) is 23.3. The van der Waals surface area contributed by atoms with Crippen molar-refractivity contribution in [3.05, 3.63) is 119 Å². The summed E-state index contributed by atoms with van der Waals surface area (Å²) in [5, 5.41) is 16.7. The van der Waals surface area contributed by atoms with Crippen molar-refractivity contribution in [2.45, 2.75) is 19.1 Å². The number of aliphatic hydroxyl groups is 1. The quantitative estimate of drug-likeness (QED) is 0.306. The van der Waals surface area contributed by atoms with E-state index in [0.29, 0.717) is 40.2 Å². The molecule has 1 aliphatic carbocycles. The number of hydrogen-bond acceptors (Lipinski definition) is 5. The highest BCUT2D eigenvalue weighted by Crippen LogP contribution is 2.27. The molecule has 3 aromatic carbocycles. The van der Waals surface area contributed by atoms with Crippen LogP contribution in [0.25, 0.3) is 16.6 Å². The molecule has 180 valence electrons. The van der Waals surface area contributed by atoms with E-state index in [-0.39, 0.29) is 24.7 Å². The van der Waals surface area contributed by atoms with Crippen LogP contribution in [0.4, 0.5) is 0 Å². The van der Waals surface area contributed by atoms with Crippen LogP contribution in [0.5, 0.6) is 0 Å². The second kappa shape index (κ2) is 10.4. The van der Waals surface area contributed by atoms with Crippen LogP contribution in [-0.2, 0) is 11.3 Å². The topological polar surface area (TPSA) is 107 Å². The summed E-state index contributed by atoms with van der Waals surface area (Å²) < 4.78 is 0. The van der Waals surface area contributed by atoms with E-state index in [1.165, 1.54) is 0 Å². The molecule has 4 aromatic rings. The molecule has 0 fully saturated rings. The van der Waals surface area contributed by atoms with Gasteiger partial charge in [0.2, 0.25) is 0 Å². The van der Waals surface area contributed by atoms with Gasteiger partial charge in [-0.1, -0.05) is 72.8 Å². The lowest BCUT2D eigenvalue weighted by molar-refractivity contribution is -0.113. The molecule has 0 radical (unpaired) electrons. The number of para-hydroxylation sites is 1. The number of hydrogen-bond donors (Lipinski definition) is 4. The molecule has 1 atom stereocenters. The molecule has 5 rings (SSSR count). The van der Waals surface area contributed by atoms with E-state index >= 15 is 0 Å². The lowest BCUT2D eigenvalue weighted by Gasteiger charge is -2.18. The Balaban J connectivity index is 1.41. The van der Waals surface area contributed by atoms with Crippen LogP contribution in [0.15, 0.2) is 96.7 Å². The Morgan fingerprint density at radius 1 is 1.00 bits per heavy atom. The minimum Gasteiger partial charge on any atom is -0.387 e. The maximum atomic E-state index is 13.0. The molecule has 36 heavy (non-hydrogen) atoms. The van der Waals surface area contributed by atoms with Crippen molar-refractivity contribution in [3.8, 4) is 0 Å². The van der Waals surface area contributed by atoms with Crippen molar-refractivity contribution in [1.29, 1.82) is 0 Å². The van der Waals surface area contributed by atoms with E-state index in [9.17, 15) is 14.7 Å². The van der Waals surface area contributed by atoms with Gasteiger partial charge in [-0.05, 0) is 29.3 Å². The van der Waals surface area contributed by atoms with Crippen LogP contribution < -0.4 is 10.6 Å². The third-order valence-electron chi connectivity index (χ3n) is 6.10. The van der Waals surface area contributed by atoms with Crippen molar-refractivity contribution in [1.82, 2.24) is 20.6 Å². The maximum Gasteiger partial charge on any atom is 0.253 e. The number of H-pyrrole nitrogens is 1. The SMILES string of the molecule is O=C1CC=CC(NC[C@@H](O)c2ccccc2)=C1c1nc2c(C(=O)NCc3ccccc3)cccc2[nH]1. The molecule has 7 nitrogen and oxygen atoms in total. The lowest BCUT2D eigenvalue weighted by Crippen LogP contribution is -2.24. The lowest BCUT2D eigenvalue weighted by atomic mass is 9.99. The summed E-state index contributed by atoms with van der Waals surface area (Å²) in [6.45, 7) is 0.632. The van der Waals surface area contributed by atoms with Crippen molar-refractivity contribution in [2.24, 2.45) is 0 Å². The largest absolute Gasteiger partial charge is 0.387 e. The predicted molar refractivity (Wildman–Crippen MR) is 139 cm³/mol. The highest BCUT2D eigenvalue weighted by molar-refractivity contribution is 6.23. The standard InChI is InChI=1S/C29H26N4O3/c34-24-16-8-14-22(30-18-25(35)20-11-5-2-6-12-20)26(24)28-32-23-15-7-13-21(27(23)33-28)29(36)31-17-19-9-3-1-4-10-19/h1-15,25,30,35H,16-18H2,(H,31,36)(H,32,33)/t25-/m1/s1. The van der Waals surface area contributed by atoms with Gasteiger partial charge in [-0.15, -0.1) is 0 Å². The van der Waals surface area contributed by atoms with E-state index < -0.39 is 6.10 Å². The molecule has 4 N–H and O–H groups in total. The molecule has 1 aliphatic rings. The summed E-state index contributed by atoms with van der Waals surface area (Å²) >= 11 is 0. The molecular weight excluding hydrogens is 452 g/mol. The number of nitrogens with one attached hydrogen (secondary N) is 3. The zero-order chi connectivity index (χ0) is 24.9. The number of carbonyl (C=O) groups is 2. The van der Waals surface area contributed by atoms with Crippen LogP contribution in [0, 0.1) is 0 Å². The van der Waals surface area contributed by atoms with Gasteiger partial charge in [0.25, 0.3) is 5.91 Å². The van der Waals surface area contributed by atoms with Crippen LogP contribution in [0.3, 0.4) is 0 Å². The van der Waals surface area contributed by atoms with Crippen molar-refractivity contribution >= 4 is 28.3 Å². The minimum absolute atomic E-state index is 0.0941. The smallest absolute Gasteiger partial charge is 0.253 e. The zero-order valence-corrected chi connectivity index (χ0v) is 19.6. The average Bonchev–Trinajstić information content (AvgIpc) is 3.35. The number of aromatic nitrogens is 2. The summed E-state index contributed by atoms with van der Waals surface area (Å²) in [4.78, 5) is 33.8. The average molecular weight is 479 g/mol. The second-order valence-electron chi connectivity index (χ2n) is 8.58. The Bertz CT molecular complexity index is 1460. The normalized spacial score (nSPS) is 14.2. The number of imidazole rings is 1. The molecule has 7 heteroatoms. The van der Waals surface area contributed by atoms with Gasteiger partial charge in [0.1, 0.15) is 11.3 Å². The van der Waals surface area contributed by atoms with Gasteiger partial charge < -0.3 is 20.7 Å². The van der Waals surface area contributed by atoms with Crippen LogP contribution >= 0.6 is 0 Å². The van der Waals surface area contributed by atoms with E-state index in [1.54, 1.807) is 18.2 Å². The van der Waals surface area contributed by atoms with Crippen molar-refractivity contribution in [3.63, 3.8) is 0 Å². The molecule has 1 amide bonds. The number of benzene rings is 3. The molecule has 0 saturated heterocycles. The first-order chi connectivity index (χ1) is 17.6. The Morgan fingerprint density at radius 3 is 2.53 bits per heavy atom. The van der Waals surface area contributed by atoms with Crippen molar-refractivity contribution < 1.29 is 14.7 Å². The third kappa shape index (κ3) is 4.96. The predicted octanol–water partition coefficient (Wildman–Crippen LogP) is 4.06. The number of nitrogens with zero attached hydrogens (tertiary/aromatic N) is 1. The fraction of sp³-hybridized carbons (Fsp3) is 0.138. The van der Waals surface area contributed by atoms with Crippen LogP contribution in [0.1, 0.15) is 39.8 Å². The minimum atomic E-state index is -0.735. The molecule has 1 aromatic heterocycles. The number of aromatic amines is 1. The first-order valence-corrected chi connectivity index (χ1v) is 11.8. The first-order valence-electron chi connectivity index (χ1n) is 11.8. The van der Waals surface area contributed by atoms with Crippen LogP contribution in [-0.4, -0.2) is 33.3 Å². The van der Waals surface area contributed by atoms with Gasteiger partial charge >= 0.3 is 0 Å². The summed E-state index contributed by atoms with van der Waals surface area (Å²) in [5.74, 6) is 0.0541. The maximum absolute atomic E-state index is 13.0. The van der Waals surface area contributed by atoms with Gasteiger partial charge in [-0.25, -0.2) is 4.98 Å². The fourth-order valence-corrected chi connectivity index (χ4v) is 4.23. The fourth-order valence-electron chi connectivity index (χ4n) is 4.23. The highest BCUT2D eigenvalue weighted by atomic mass is 16.3. The zero-order valence-electron chi connectivity index (χ0n) is 19.6. The summed E-state index contributed by atoms with van der Waals surface area (Å²) in [7, 11) is 0. The second-order valence-corrected chi connectivity index (χ2v) is 8.58. The summed E-state index contributed by atoms with van der Waals surface area (Å²) in [6, 6.07) is 24.4. The number of Topliss-reactive ketones (excluding diaryl/α,β-unsaturated/α-hetero) is 1. The monoisotopic (exact) mass is 478 g/mol. The molecule has 0 spiro atoms. The Morgan fingerprint density at radius 2 is 1.75 bits per heavy atom. The van der Waals surface area contributed by atoms with Crippen molar-refractivity contribution in [2.75, 3.05) is 6.54 Å². The van der Waals surface area contributed by atoms with Gasteiger partial charge in [0, 0.05) is 25.2 Å². The number of ketones is 1. The number of rotatable bonds is 8. The molecule has 0 saturated carbocycles. The van der Waals surface area contributed by atoms with E-state index in [1.807, 2.05) is 72.8 Å². The van der Waals surface area contributed by atoms with Gasteiger partial charge in [0.15, 0.2) is 5.78 Å². The third-order valence-corrected chi connectivity index (χ3v) is 6.10. The molecule has 0 unspecified atom stereocenters. The molecule has 0 aliphatic heterocycles. The Labute approximate surface area is 208 Å². The summed E-state index contributed by atoms with van der Waals surface area (Å²) in [5.41, 5.74) is 4.36. The van der Waals surface area contributed by atoms with Gasteiger partial charge in [0.05, 0.1) is 22.8 Å². The molecular formula is C29H26N4O3. The number of carbonyl (C=O) groups excluding carboxylic acids is 2. The van der Waals surface area contributed by atoms with Crippen LogP contribution in [0.2, 0.25) is 0 Å². The number of aliphatic hydroxyl groups excluding tert-OH is 1. The van der Waals surface area contributed by atoms with E-state index in [0.717, 1.165) is 11.1 Å². The van der Waals surface area contributed by atoms with Gasteiger partial charge in [-0.3, -0.25) is 9.59 Å². The number of fused-ring (bicyclic) bond motifs is 1. The van der Waals surface area contributed by atoms with E-state index in [4.69, 9.17) is 0 Å². The highest BCUT2D eigenvalue weighted by Gasteiger charge is 2.24. The summed E-state index contributed by atoms with van der Waals surface area (Å²) in [6.07, 6.45) is 3.13. The van der Waals surface area contributed by atoms with Gasteiger partial charge in [-0.2, -0.15) is 0 Å². The molecule has 0 bridgehead atoms. The number of allylic oxidation sites excluding steroid dienone is 3. The van der Waals surface area contributed by atoms with E-state index in [2.05, 4.69) is 20.6 Å².